The Hall–Kier alpha value is -1.58. The van der Waals surface area contributed by atoms with Crippen molar-refractivity contribution in [2.75, 3.05) is 0 Å². The first-order valence-corrected chi connectivity index (χ1v) is 4.82. The fourth-order valence-electron chi connectivity index (χ4n) is 1.56. The van der Waals surface area contributed by atoms with Gasteiger partial charge in [-0.25, -0.2) is 0 Å². The average molecular weight is 207 g/mol. The summed E-state index contributed by atoms with van der Waals surface area (Å²) in [5, 5.41) is 11.8. The number of aryl methyl sites for hydroxylation is 1. The lowest BCUT2D eigenvalue weighted by Crippen LogP contribution is -2.23. The molecule has 0 spiro atoms. The molecule has 82 valence electrons. The number of hydrogen-bond donors (Lipinski definition) is 2. The molecule has 1 heterocycles. The van der Waals surface area contributed by atoms with Crippen molar-refractivity contribution in [3.8, 4) is 0 Å². The van der Waals surface area contributed by atoms with E-state index in [0.717, 1.165) is 16.8 Å². The zero-order valence-electron chi connectivity index (χ0n) is 9.57. The van der Waals surface area contributed by atoms with Gasteiger partial charge in [0.05, 0.1) is 0 Å². The number of nitrogens with two attached hydrogens (primary N) is 1. The molecule has 0 aliphatic carbocycles. The maximum absolute atomic E-state index is 8.74. The van der Waals surface area contributed by atoms with E-state index in [0.29, 0.717) is 0 Å². The molecular weight excluding hydrogens is 190 g/mol. The Morgan fingerprint density at radius 2 is 2.07 bits per heavy atom. The summed E-state index contributed by atoms with van der Waals surface area (Å²) in [7, 11) is 0. The molecular formula is C11H17N3O. The molecule has 0 bridgehead atoms. The molecule has 0 radical (unpaired) electrons. The van der Waals surface area contributed by atoms with E-state index in [4.69, 9.17) is 10.9 Å². The van der Waals surface area contributed by atoms with Crippen LogP contribution < -0.4 is 5.73 Å². The smallest absolute Gasteiger partial charge is 0.172 e. The zero-order valence-corrected chi connectivity index (χ0v) is 9.57. The molecule has 0 atom stereocenters. The Morgan fingerprint density at radius 3 is 2.53 bits per heavy atom. The summed E-state index contributed by atoms with van der Waals surface area (Å²) in [5.41, 5.74) is 8.13. The van der Waals surface area contributed by atoms with Crippen LogP contribution in [0.15, 0.2) is 17.4 Å². The van der Waals surface area contributed by atoms with Gasteiger partial charge in [-0.15, -0.1) is 0 Å². The van der Waals surface area contributed by atoms with Crippen LogP contribution in [0, 0.1) is 6.92 Å². The van der Waals surface area contributed by atoms with Gasteiger partial charge in [0.25, 0.3) is 0 Å². The number of nitrogens with zero attached hydrogens (tertiary/aromatic N) is 2. The van der Waals surface area contributed by atoms with Crippen molar-refractivity contribution >= 4 is 5.84 Å². The first-order chi connectivity index (χ1) is 6.88. The van der Waals surface area contributed by atoms with E-state index in [1.54, 1.807) is 6.20 Å². The molecule has 0 aliphatic heterocycles. The topological polar surface area (TPSA) is 71.5 Å². The molecule has 0 saturated carbocycles. The van der Waals surface area contributed by atoms with E-state index in [2.05, 4.69) is 30.9 Å². The third-order valence-electron chi connectivity index (χ3n) is 2.31. The van der Waals surface area contributed by atoms with Crippen LogP contribution in [0.4, 0.5) is 0 Å². The maximum Gasteiger partial charge on any atom is 0.172 e. The number of rotatable bonds is 1. The average Bonchev–Trinajstić information content (AvgIpc) is 2.15. The second-order valence-electron chi connectivity index (χ2n) is 4.55. The van der Waals surface area contributed by atoms with E-state index in [-0.39, 0.29) is 11.3 Å². The van der Waals surface area contributed by atoms with Crippen molar-refractivity contribution in [3.63, 3.8) is 0 Å². The van der Waals surface area contributed by atoms with Crippen LogP contribution in [0.25, 0.3) is 0 Å². The summed E-state index contributed by atoms with van der Waals surface area (Å²) in [4.78, 5) is 4.15. The number of hydrogen-bond acceptors (Lipinski definition) is 3. The van der Waals surface area contributed by atoms with Crippen LogP contribution in [0.3, 0.4) is 0 Å². The lowest BCUT2D eigenvalue weighted by molar-refractivity contribution is 0.318. The lowest BCUT2D eigenvalue weighted by atomic mass is 9.83. The molecule has 0 saturated heterocycles. The molecule has 1 aromatic rings. The molecule has 0 unspecified atom stereocenters. The minimum absolute atomic E-state index is 0.0572. The number of aromatic nitrogens is 1. The molecule has 0 aromatic carbocycles. The van der Waals surface area contributed by atoms with Crippen molar-refractivity contribution in [3.05, 3.63) is 29.1 Å². The predicted octanol–water partition coefficient (Wildman–Crippen LogP) is 1.78. The first-order valence-electron chi connectivity index (χ1n) is 4.82. The Bertz CT molecular complexity index is 391. The fraction of sp³-hybridized carbons (Fsp3) is 0.455. The molecule has 4 heteroatoms. The monoisotopic (exact) mass is 207 g/mol. The van der Waals surface area contributed by atoms with Crippen molar-refractivity contribution in [1.29, 1.82) is 0 Å². The molecule has 1 aromatic heterocycles. The van der Waals surface area contributed by atoms with Crippen LogP contribution >= 0.6 is 0 Å². The van der Waals surface area contributed by atoms with E-state index < -0.39 is 0 Å². The quantitative estimate of drug-likeness (QED) is 0.319. The largest absolute Gasteiger partial charge is 0.409 e. The van der Waals surface area contributed by atoms with Gasteiger partial charge in [-0.1, -0.05) is 25.9 Å². The zero-order chi connectivity index (χ0) is 11.6. The molecule has 0 aliphatic rings. The Labute approximate surface area is 89.8 Å². The highest BCUT2D eigenvalue weighted by Crippen LogP contribution is 2.26. The lowest BCUT2D eigenvalue weighted by Gasteiger charge is -2.23. The highest BCUT2D eigenvalue weighted by atomic mass is 16.4. The summed E-state index contributed by atoms with van der Waals surface area (Å²) >= 11 is 0. The van der Waals surface area contributed by atoms with Gasteiger partial charge < -0.3 is 10.9 Å². The molecule has 0 fully saturated rings. The third kappa shape index (κ3) is 2.26. The Balaban J connectivity index is 3.47. The summed E-state index contributed by atoms with van der Waals surface area (Å²) in [6.07, 6.45) is 1.74. The standard InChI is InChI=1S/C11H17N3O/c1-7-9(10(12)14-15)8(5-6-13-7)11(2,3)4/h5-6,15H,1-4H3,(H2,12,14). The van der Waals surface area contributed by atoms with Crippen LogP contribution in [0.1, 0.15) is 37.6 Å². The van der Waals surface area contributed by atoms with Gasteiger partial charge in [-0.2, -0.15) is 0 Å². The highest BCUT2D eigenvalue weighted by molar-refractivity contribution is 5.99. The van der Waals surface area contributed by atoms with Gasteiger partial charge >= 0.3 is 0 Å². The van der Waals surface area contributed by atoms with E-state index >= 15 is 0 Å². The summed E-state index contributed by atoms with van der Waals surface area (Å²) in [6.45, 7) is 8.09. The van der Waals surface area contributed by atoms with Crippen molar-refractivity contribution < 1.29 is 5.21 Å². The van der Waals surface area contributed by atoms with Gasteiger partial charge in [0, 0.05) is 17.5 Å². The minimum atomic E-state index is -0.0572. The number of amidine groups is 1. The van der Waals surface area contributed by atoms with E-state index in [9.17, 15) is 0 Å². The van der Waals surface area contributed by atoms with E-state index in [1.165, 1.54) is 0 Å². The van der Waals surface area contributed by atoms with Gasteiger partial charge in [0.1, 0.15) is 0 Å². The van der Waals surface area contributed by atoms with Crippen LogP contribution in [-0.2, 0) is 5.41 Å². The van der Waals surface area contributed by atoms with Gasteiger partial charge in [0.2, 0.25) is 0 Å². The Kier molecular flexibility index (Phi) is 2.98. The number of pyridine rings is 1. The van der Waals surface area contributed by atoms with Crippen LogP contribution in [-0.4, -0.2) is 16.0 Å². The normalized spacial score (nSPS) is 12.9. The van der Waals surface area contributed by atoms with Gasteiger partial charge in [0.15, 0.2) is 5.84 Å². The first kappa shape index (κ1) is 11.5. The van der Waals surface area contributed by atoms with Crippen LogP contribution in [0.2, 0.25) is 0 Å². The highest BCUT2D eigenvalue weighted by Gasteiger charge is 2.21. The molecule has 3 N–H and O–H groups in total. The Morgan fingerprint density at radius 1 is 1.47 bits per heavy atom. The van der Waals surface area contributed by atoms with Crippen molar-refractivity contribution in [2.24, 2.45) is 10.9 Å². The summed E-state index contributed by atoms with van der Waals surface area (Å²) in [5.74, 6) is 0.116. The van der Waals surface area contributed by atoms with Gasteiger partial charge in [-0.3, -0.25) is 4.98 Å². The molecule has 1 rings (SSSR count). The van der Waals surface area contributed by atoms with Gasteiger partial charge in [-0.05, 0) is 24.0 Å². The molecule has 15 heavy (non-hydrogen) atoms. The van der Waals surface area contributed by atoms with Crippen molar-refractivity contribution in [2.45, 2.75) is 33.1 Å². The maximum atomic E-state index is 8.74. The second-order valence-corrected chi connectivity index (χ2v) is 4.55. The SMILES string of the molecule is Cc1nccc(C(C)(C)C)c1/C(N)=N/O. The molecule has 4 nitrogen and oxygen atoms in total. The minimum Gasteiger partial charge on any atom is -0.409 e. The fourth-order valence-corrected chi connectivity index (χ4v) is 1.56. The predicted molar refractivity (Wildman–Crippen MR) is 60.2 cm³/mol. The van der Waals surface area contributed by atoms with E-state index in [1.807, 2.05) is 13.0 Å². The third-order valence-corrected chi connectivity index (χ3v) is 2.31. The molecule has 0 amide bonds. The summed E-state index contributed by atoms with van der Waals surface area (Å²) in [6, 6.07) is 1.90. The van der Waals surface area contributed by atoms with Crippen molar-refractivity contribution in [1.82, 2.24) is 4.98 Å². The van der Waals surface area contributed by atoms with Crippen LogP contribution in [0.5, 0.6) is 0 Å². The number of oxime groups is 1. The summed E-state index contributed by atoms with van der Waals surface area (Å²) < 4.78 is 0. The second kappa shape index (κ2) is 3.88.